The largest absolute Gasteiger partial charge is 0.417 e. The van der Waals surface area contributed by atoms with Gasteiger partial charge in [-0.2, -0.15) is 13.2 Å². The summed E-state index contributed by atoms with van der Waals surface area (Å²) in [6, 6.07) is 1.65. The van der Waals surface area contributed by atoms with Crippen LogP contribution in [-0.2, 0) is 16.2 Å². The topological polar surface area (TPSA) is 72.2 Å². The highest BCUT2D eigenvalue weighted by molar-refractivity contribution is 7.89. The van der Waals surface area contributed by atoms with Gasteiger partial charge in [0.15, 0.2) is 0 Å². The average molecular weight is 315 g/mol. The molecule has 2 atom stereocenters. The van der Waals surface area contributed by atoms with Crippen LogP contribution in [0.1, 0.15) is 12.0 Å². The lowest BCUT2D eigenvalue weighted by atomic mass is 10.2. The monoisotopic (exact) mass is 314 g/mol. The number of alkyl halides is 3. The molecule has 1 fully saturated rings. The van der Waals surface area contributed by atoms with E-state index in [9.17, 15) is 21.6 Å². The van der Waals surface area contributed by atoms with Crippen molar-refractivity contribution in [1.29, 1.82) is 0 Å². The van der Waals surface area contributed by atoms with Crippen LogP contribution in [0.5, 0.6) is 0 Å². The van der Waals surface area contributed by atoms with Crippen molar-refractivity contribution in [3.05, 3.63) is 28.8 Å². The molecule has 1 saturated carbocycles. The van der Waals surface area contributed by atoms with Gasteiger partial charge in [-0.25, -0.2) is 13.1 Å². The zero-order valence-corrected chi connectivity index (χ0v) is 11.0. The van der Waals surface area contributed by atoms with Gasteiger partial charge in [-0.05, 0) is 24.6 Å². The van der Waals surface area contributed by atoms with Crippen molar-refractivity contribution in [3.8, 4) is 0 Å². The molecular formula is C10H10ClF3N2O2S. The number of halogens is 4. The maximum absolute atomic E-state index is 12.8. The number of sulfonamides is 1. The van der Waals surface area contributed by atoms with Crippen molar-refractivity contribution in [2.24, 2.45) is 5.73 Å². The molecule has 1 aromatic carbocycles. The number of hydrogen-bond acceptors (Lipinski definition) is 3. The first-order chi connectivity index (χ1) is 8.61. The summed E-state index contributed by atoms with van der Waals surface area (Å²) in [5.41, 5.74) is 4.14. The standard InChI is InChI=1S/C10H10ClF3N2O2S/c11-5-1-2-9(6(3-5)10(12,13)14)19(17,18)16-8-4-7(8)15/h1-3,7-8,16H,4,15H2. The van der Waals surface area contributed by atoms with E-state index in [4.69, 9.17) is 17.3 Å². The summed E-state index contributed by atoms with van der Waals surface area (Å²) in [5, 5.41) is -0.186. The van der Waals surface area contributed by atoms with Crippen molar-refractivity contribution >= 4 is 21.6 Å². The molecule has 3 N–H and O–H groups in total. The lowest BCUT2D eigenvalue weighted by molar-refractivity contribution is -0.139. The van der Waals surface area contributed by atoms with Gasteiger partial charge in [-0.1, -0.05) is 11.6 Å². The minimum Gasteiger partial charge on any atom is -0.326 e. The maximum Gasteiger partial charge on any atom is 0.417 e. The predicted octanol–water partition coefficient (Wildman–Crippen LogP) is 1.74. The molecule has 0 amide bonds. The molecule has 2 unspecified atom stereocenters. The van der Waals surface area contributed by atoms with Crippen molar-refractivity contribution in [2.75, 3.05) is 0 Å². The van der Waals surface area contributed by atoms with Gasteiger partial charge in [0.2, 0.25) is 10.0 Å². The number of rotatable bonds is 3. The Morgan fingerprint density at radius 1 is 1.37 bits per heavy atom. The van der Waals surface area contributed by atoms with E-state index < -0.39 is 32.7 Å². The Morgan fingerprint density at radius 3 is 2.42 bits per heavy atom. The highest BCUT2D eigenvalue weighted by Crippen LogP contribution is 2.36. The van der Waals surface area contributed by atoms with E-state index in [1.54, 1.807) is 0 Å². The van der Waals surface area contributed by atoms with E-state index >= 15 is 0 Å². The third-order valence-corrected chi connectivity index (χ3v) is 4.47. The van der Waals surface area contributed by atoms with Crippen LogP contribution in [0, 0.1) is 0 Å². The minimum absolute atomic E-state index is 0.186. The zero-order valence-electron chi connectivity index (χ0n) is 9.41. The van der Waals surface area contributed by atoms with Gasteiger partial charge in [-0.15, -0.1) is 0 Å². The van der Waals surface area contributed by atoms with Crippen LogP contribution in [-0.4, -0.2) is 20.5 Å². The number of nitrogens with two attached hydrogens (primary N) is 1. The molecule has 0 aliphatic heterocycles. The van der Waals surface area contributed by atoms with Crippen LogP contribution in [0.15, 0.2) is 23.1 Å². The van der Waals surface area contributed by atoms with E-state index in [-0.39, 0.29) is 11.1 Å². The molecule has 4 nitrogen and oxygen atoms in total. The Hall–Kier alpha value is -0.830. The van der Waals surface area contributed by atoms with Crippen LogP contribution in [0.3, 0.4) is 0 Å². The second-order valence-corrected chi connectivity index (χ2v) is 6.38. The summed E-state index contributed by atoms with van der Waals surface area (Å²) in [6.45, 7) is 0. The minimum atomic E-state index is -4.80. The summed E-state index contributed by atoms with van der Waals surface area (Å²) in [6.07, 6.45) is -4.39. The Bertz CT molecular complexity index is 603. The molecule has 0 aromatic heterocycles. The molecule has 1 aliphatic rings. The summed E-state index contributed by atoms with van der Waals surface area (Å²) in [7, 11) is -4.27. The van der Waals surface area contributed by atoms with Crippen LogP contribution in [0.25, 0.3) is 0 Å². The van der Waals surface area contributed by atoms with E-state index in [0.29, 0.717) is 12.5 Å². The van der Waals surface area contributed by atoms with E-state index in [2.05, 4.69) is 4.72 Å². The molecule has 0 radical (unpaired) electrons. The van der Waals surface area contributed by atoms with E-state index in [0.717, 1.165) is 12.1 Å². The predicted molar refractivity (Wildman–Crippen MR) is 63.2 cm³/mol. The van der Waals surface area contributed by atoms with Gasteiger partial charge in [0, 0.05) is 17.1 Å². The van der Waals surface area contributed by atoms with Gasteiger partial charge in [0.1, 0.15) is 0 Å². The smallest absolute Gasteiger partial charge is 0.326 e. The summed E-state index contributed by atoms with van der Waals surface area (Å²) < 4.78 is 64.4. The van der Waals surface area contributed by atoms with E-state index in [1.807, 2.05) is 0 Å². The second kappa shape index (κ2) is 4.62. The SMILES string of the molecule is NC1CC1NS(=O)(=O)c1ccc(Cl)cc1C(F)(F)F. The van der Waals surface area contributed by atoms with Gasteiger partial charge >= 0.3 is 6.18 Å². The fourth-order valence-electron chi connectivity index (χ4n) is 1.57. The van der Waals surface area contributed by atoms with Crippen LogP contribution < -0.4 is 10.5 Å². The first-order valence-electron chi connectivity index (χ1n) is 5.26. The Labute approximate surface area is 112 Å². The zero-order chi connectivity index (χ0) is 14.4. The van der Waals surface area contributed by atoms with Crippen LogP contribution >= 0.6 is 11.6 Å². The molecule has 1 aromatic rings. The fraction of sp³-hybridized carbons (Fsp3) is 0.400. The van der Waals surface area contributed by atoms with Gasteiger partial charge in [0.05, 0.1) is 10.5 Å². The Kier molecular flexibility index (Phi) is 3.54. The average Bonchev–Trinajstić information content (AvgIpc) is 2.91. The molecular weight excluding hydrogens is 305 g/mol. The Balaban J connectivity index is 2.44. The summed E-state index contributed by atoms with van der Waals surface area (Å²) >= 11 is 5.48. The lowest BCUT2D eigenvalue weighted by Crippen LogP contribution is -2.31. The maximum atomic E-state index is 12.8. The summed E-state index contributed by atoms with van der Waals surface area (Å²) in [4.78, 5) is -0.844. The quantitative estimate of drug-likeness (QED) is 0.892. The van der Waals surface area contributed by atoms with Crippen molar-refractivity contribution in [1.82, 2.24) is 4.72 Å². The molecule has 19 heavy (non-hydrogen) atoms. The van der Waals surface area contributed by atoms with Crippen molar-refractivity contribution in [3.63, 3.8) is 0 Å². The molecule has 0 spiro atoms. The summed E-state index contributed by atoms with van der Waals surface area (Å²) in [5.74, 6) is 0. The first-order valence-corrected chi connectivity index (χ1v) is 7.12. The third kappa shape index (κ3) is 3.19. The second-order valence-electron chi connectivity index (χ2n) is 4.27. The van der Waals surface area contributed by atoms with E-state index in [1.165, 1.54) is 0 Å². The highest BCUT2D eigenvalue weighted by Gasteiger charge is 2.41. The molecule has 9 heteroatoms. The molecule has 0 saturated heterocycles. The third-order valence-electron chi connectivity index (χ3n) is 2.68. The molecule has 1 aliphatic carbocycles. The molecule has 0 heterocycles. The fourth-order valence-corrected chi connectivity index (χ4v) is 3.25. The van der Waals surface area contributed by atoms with Crippen LogP contribution in [0.2, 0.25) is 5.02 Å². The molecule has 2 rings (SSSR count). The van der Waals surface area contributed by atoms with Gasteiger partial charge in [-0.3, -0.25) is 0 Å². The van der Waals surface area contributed by atoms with Crippen molar-refractivity contribution in [2.45, 2.75) is 29.6 Å². The molecule has 0 bridgehead atoms. The van der Waals surface area contributed by atoms with Crippen LogP contribution in [0.4, 0.5) is 13.2 Å². The number of hydrogen-bond donors (Lipinski definition) is 2. The van der Waals surface area contributed by atoms with Gasteiger partial charge in [0.25, 0.3) is 0 Å². The lowest BCUT2D eigenvalue weighted by Gasteiger charge is -2.14. The van der Waals surface area contributed by atoms with Crippen molar-refractivity contribution < 1.29 is 21.6 Å². The number of benzene rings is 1. The Morgan fingerprint density at radius 2 is 1.95 bits per heavy atom. The number of nitrogens with one attached hydrogen (secondary N) is 1. The highest BCUT2D eigenvalue weighted by atomic mass is 35.5. The van der Waals surface area contributed by atoms with Gasteiger partial charge < -0.3 is 5.73 Å². The normalized spacial score (nSPS) is 23.4. The first kappa shape index (κ1) is 14.6. The molecule has 106 valence electrons.